The van der Waals surface area contributed by atoms with Crippen LogP contribution in [-0.4, -0.2) is 12.8 Å². The molecule has 0 radical (unpaired) electrons. The van der Waals surface area contributed by atoms with E-state index in [2.05, 4.69) is 144 Å². The van der Waals surface area contributed by atoms with Crippen LogP contribution in [0.2, 0.25) is 0 Å². The number of rotatable bonds is 7. The Morgan fingerprint density at radius 2 is 1.26 bits per heavy atom. The monoisotopic (exact) mass is 480 g/mol. The summed E-state index contributed by atoms with van der Waals surface area (Å²) < 4.78 is 0. The van der Waals surface area contributed by atoms with Crippen molar-refractivity contribution in [1.29, 1.82) is 0 Å². The minimum absolute atomic E-state index is 0.265. The summed E-state index contributed by atoms with van der Waals surface area (Å²) in [5.74, 6) is 0. The Morgan fingerprint density at radius 3 is 1.69 bits per heavy atom. The fraction of sp³-hybridized carbons (Fsp3) is 0.294. The molecule has 1 heteroatoms. The zero-order valence-corrected chi connectivity index (χ0v) is 23.1. The van der Waals surface area contributed by atoms with Crippen LogP contribution in [0.15, 0.2) is 126 Å². The fourth-order valence-corrected chi connectivity index (χ4v) is 11.1. The molecule has 1 aliphatic rings. The number of allylic oxidation sites excluding steroid dienone is 6. The van der Waals surface area contributed by atoms with Crippen LogP contribution < -0.4 is 15.9 Å². The molecule has 0 amide bonds. The van der Waals surface area contributed by atoms with Crippen molar-refractivity contribution in [3.63, 3.8) is 0 Å². The first-order chi connectivity index (χ1) is 16.8. The normalized spacial score (nSPS) is 17.9. The molecule has 0 heterocycles. The Labute approximate surface area is 213 Å². The van der Waals surface area contributed by atoms with Gasteiger partial charge < -0.3 is 0 Å². The summed E-state index contributed by atoms with van der Waals surface area (Å²) in [6, 6.07) is 33.6. The first-order valence-corrected chi connectivity index (χ1v) is 15.8. The summed E-state index contributed by atoms with van der Waals surface area (Å²) in [5.41, 5.74) is 4.68. The van der Waals surface area contributed by atoms with E-state index in [-0.39, 0.29) is 5.41 Å². The molecule has 0 atom stereocenters. The van der Waals surface area contributed by atoms with E-state index in [1.807, 2.05) is 0 Å². The van der Waals surface area contributed by atoms with Gasteiger partial charge in [-0.05, 0) is 0 Å². The number of hydrogen-bond acceptors (Lipinski definition) is 0. The molecular weight excluding hydrogens is 439 g/mol. The first kappa shape index (κ1) is 25.4. The molecule has 0 nitrogen and oxygen atoms in total. The van der Waals surface area contributed by atoms with Crippen LogP contribution in [0.5, 0.6) is 0 Å². The van der Waals surface area contributed by atoms with E-state index in [1.54, 1.807) is 5.57 Å². The van der Waals surface area contributed by atoms with Gasteiger partial charge in [0.15, 0.2) is 0 Å². The Morgan fingerprint density at radius 1 is 0.800 bits per heavy atom. The SMILES string of the molecule is CC1=C(/C=C/C(C)=C\CP(C)(c2ccccc2)(c2ccccc2)c2ccccc2)C(C)(C)CCC1. The van der Waals surface area contributed by atoms with E-state index < -0.39 is 6.60 Å². The molecule has 0 saturated heterocycles. The molecule has 0 saturated carbocycles. The van der Waals surface area contributed by atoms with Crippen molar-refractivity contribution in [1.82, 2.24) is 0 Å². The zero-order valence-electron chi connectivity index (χ0n) is 22.2. The quantitative estimate of drug-likeness (QED) is 0.236. The van der Waals surface area contributed by atoms with E-state index in [1.165, 1.54) is 46.3 Å². The third-order valence-electron chi connectivity index (χ3n) is 8.29. The Hall–Kier alpha value is -2.69. The van der Waals surface area contributed by atoms with Gasteiger partial charge in [-0.25, -0.2) is 0 Å². The second-order valence-electron chi connectivity index (χ2n) is 11.2. The first-order valence-electron chi connectivity index (χ1n) is 13.0. The molecule has 0 fully saturated rings. The van der Waals surface area contributed by atoms with Gasteiger partial charge in [-0.15, -0.1) is 0 Å². The van der Waals surface area contributed by atoms with Crippen LogP contribution in [0.25, 0.3) is 0 Å². The van der Waals surface area contributed by atoms with E-state index in [0.29, 0.717) is 0 Å². The van der Waals surface area contributed by atoms with E-state index >= 15 is 0 Å². The molecule has 3 aromatic rings. The molecular formula is C34H41P. The molecule has 35 heavy (non-hydrogen) atoms. The van der Waals surface area contributed by atoms with Crippen molar-refractivity contribution in [2.75, 3.05) is 12.8 Å². The van der Waals surface area contributed by atoms with Crippen LogP contribution >= 0.6 is 6.60 Å². The molecule has 4 rings (SSSR count). The van der Waals surface area contributed by atoms with Crippen LogP contribution in [-0.2, 0) is 0 Å². The second-order valence-corrected chi connectivity index (χ2v) is 16.7. The van der Waals surface area contributed by atoms with Gasteiger partial charge in [-0.3, -0.25) is 0 Å². The van der Waals surface area contributed by atoms with E-state index in [4.69, 9.17) is 0 Å². The molecule has 0 aromatic heterocycles. The average Bonchev–Trinajstić information content (AvgIpc) is 2.88. The molecule has 0 aliphatic heterocycles. The fourth-order valence-electron chi connectivity index (χ4n) is 5.92. The Kier molecular flexibility index (Phi) is 7.35. The van der Waals surface area contributed by atoms with Gasteiger partial charge in [0.1, 0.15) is 0 Å². The molecule has 182 valence electrons. The zero-order chi connectivity index (χ0) is 25.0. The van der Waals surface area contributed by atoms with Crippen molar-refractivity contribution in [2.24, 2.45) is 5.41 Å². The molecule has 0 spiro atoms. The summed E-state index contributed by atoms with van der Waals surface area (Å²) in [5, 5.41) is 4.32. The van der Waals surface area contributed by atoms with Gasteiger partial charge >= 0.3 is 214 Å². The summed E-state index contributed by atoms with van der Waals surface area (Å²) in [7, 11) is 0. The maximum atomic E-state index is 2.55. The minimum atomic E-state index is -2.74. The standard InChI is InChI=1S/C34H41P/c1-28(23-24-33-29(2)16-15-26-34(33,3)4)25-27-35(5,30-17-9-6-10-18-30,31-19-11-7-12-20-31)32-21-13-8-14-22-32/h6-14,17-25H,15-16,26-27H2,1-5H3/b24-23+,28-25-. The van der Waals surface area contributed by atoms with Gasteiger partial charge in [-0.2, -0.15) is 0 Å². The Balaban J connectivity index is 1.84. The summed E-state index contributed by atoms with van der Waals surface area (Å²) >= 11 is 0. The second kappa shape index (κ2) is 10.1. The topological polar surface area (TPSA) is 0 Å². The molecule has 0 unspecified atom stereocenters. The van der Waals surface area contributed by atoms with Gasteiger partial charge in [0.25, 0.3) is 0 Å². The van der Waals surface area contributed by atoms with Gasteiger partial charge in [0.05, 0.1) is 0 Å². The predicted octanol–water partition coefficient (Wildman–Crippen LogP) is 8.18. The van der Waals surface area contributed by atoms with Crippen molar-refractivity contribution < 1.29 is 0 Å². The van der Waals surface area contributed by atoms with Crippen molar-refractivity contribution in [3.8, 4) is 0 Å². The molecule has 1 aliphatic carbocycles. The van der Waals surface area contributed by atoms with Crippen molar-refractivity contribution in [2.45, 2.75) is 47.0 Å². The summed E-state index contributed by atoms with van der Waals surface area (Å²) in [4.78, 5) is 0. The molecule has 0 bridgehead atoms. The van der Waals surface area contributed by atoms with Gasteiger partial charge in [-0.1, -0.05) is 0 Å². The molecule has 0 N–H and O–H groups in total. The van der Waals surface area contributed by atoms with Crippen LogP contribution in [0, 0.1) is 5.41 Å². The summed E-state index contributed by atoms with van der Waals surface area (Å²) in [6.07, 6.45) is 12.1. The van der Waals surface area contributed by atoms with Crippen molar-refractivity contribution >= 4 is 22.5 Å². The van der Waals surface area contributed by atoms with Gasteiger partial charge in [0, 0.05) is 0 Å². The van der Waals surface area contributed by atoms with E-state index in [0.717, 1.165) is 6.16 Å². The Bertz CT molecular complexity index is 1130. The van der Waals surface area contributed by atoms with Crippen molar-refractivity contribution in [3.05, 3.63) is 126 Å². The van der Waals surface area contributed by atoms with Crippen LogP contribution in [0.1, 0.15) is 47.0 Å². The van der Waals surface area contributed by atoms with Crippen LogP contribution in [0.4, 0.5) is 0 Å². The predicted molar refractivity (Wildman–Crippen MR) is 159 cm³/mol. The van der Waals surface area contributed by atoms with E-state index in [9.17, 15) is 0 Å². The van der Waals surface area contributed by atoms with Crippen LogP contribution in [0.3, 0.4) is 0 Å². The molecule has 3 aromatic carbocycles. The summed E-state index contributed by atoms with van der Waals surface area (Å²) in [6.45, 7) is 9.19. The third-order valence-corrected chi connectivity index (χ3v) is 14.5. The maximum absolute atomic E-state index is 2.74. The van der Waals surface area contributed by atoms with Gasteiger partial charge in [0.2, 0.25) is 0 Å². The average molecular weight is 481 g/mol. The number of benzene rings is 3. The number of hydrogen-bond donors (Lipinski definition) is 0. The third kappa shape index (κ3) is 4.87.